The van der Waals surface area contributed by atoms with Crippen LogP contribution in [0.3, 0.4) is 0 Å². The van der Waals surface area contributed by atoms with E-state index in [1.165, 1.54) is 22.3 Å². The molecule has 2 aromatic carbocycles. The van der Waals surface area contributed by atoms with Gasteiger partial charge in [-0.3, -0.25) is 5.92 Å². The number of hydrogen-bond acceptors (Lipinski definition) is 2. The third-order valence-electron chi connectivity index (χ3n) is 3.93. The van der Waals surface area contributed by atoms with Crippen molar-refractivity contribution in [2.75, 3.05) is 41.3 Å². The second kappa shape index (κ2) is 11.9. The van der Waals surface area contributed by atoms with Crippen molar-refractivity contribution in [2.24, 2.45) is 0 Å². The van der Waals surface area contributed by atoms with Gasteiger partial charge in [-0.05, 0) is 51.3 Å². The van der Waals surface area contributed by atoms with Crippen LogP contribution in [-0.4, -0.2) is 51.1 Å². The molecule has 1 radical (unpaired) electrons. The second-order valence-electron chi connectivity index (χ2n) is 6.44. The Morgan fingerprint density at radius 3 is 2.00 bits per heavy atom. The zero-order chi connectivity index (χ0) is 16.8. The van der Waals surface area contributed by atoms with E-state index in [4.69, 9.17) is 6.42 Å². The molecule has 0 unspecified atom stereocenters. The van der Waals surface area contributed by atoms with Gasteiger partial charge in [0.25, 0.3) is 0 Å². The van der Waals surface area contributed by atoms with Gasteiger partial charge in [-0.2, -0.15) is 0 Å². The molecule has 0 heterocycles. The van der Waals surface area contributed by atoms with Crippen LogP contribution in [0.5, 0.6) is 0 Å². The fourth-order valence-corrected chi connectivity index (χ4v) is 2.62. The topological polar surface area (TPSA) is 6.48 Å². The quantitative estimate of drug-likeness (QED) is 0.236. The summed E-state index contributed by atoms with van der Waals surface area (Å²) in [5, 5.41) is 0. The van der Waals surface area contributed by atoms with E-state index < -0.39 is 0 Å². The third-order valence-corrected chi connectivity index (χ3v) is 3.93. The van der Waals surface area contributed by atoms with Gasteiger partial charge in [0, 0.05) is 35.5 Å². The standard InChI is InChI=1S/C15H9.C6H16N2.2Au/c1-2-11-7-8-15-13(9-11)10-12-5-3-4-6-14(12)15;1-7(2)5-6-8(3)4;;/h3-9H,10H2;5-6H2,1-4H3;;/q-1;;;+1. The van der Waals surface area contributed by atoms with Crippen LogP contribution < -0.4 is 0 Å². The first-order valence-electron chi connectivity index (χ1n) is 7.94. The molecule has 4 heteroatoms. The summed E-state index contributed by atoms with van der Waals surface area (Å²) in [7, 11) is 8.35. The molecule has 141 valence electrons. The summed E-state index contributed by atoms with van der Waals surface area (Å²) in [6.07, 6.45) is 8.10. The summed E-state index contributed by atoms with van der Waals surface area (Å²) in [6, 6.07) is 14.6. The summed E-state index contributed by atoms with van der Waals surface area (Å²) in [5.41, 5.74) is 6.21. The molecule has 1 aliphatic carbocycles. The minimum absolute atomic E-state index is 0. The summed E-state index contributed by atoms with van der Waals surface area (Å²) in [4.78, 5) is 4.36. The van der Waals surface area contributed by atoms with Crippen LogP contribution in [-0.2, 0) is 51.2 Å². The Hall–Kier alpha value is -0.599. The molecule has 2 nitrogen and oxygen atoms in total. The minimum Gasteiger partial charge on any atom is -0.366 e. The van der Waals surface area contributed by atoms with Crippen LogP contribution in [0, 0.1) is 12.3 Å². The monoisotopic (exact) mass is 699 g/mol. The van der Waals surface area contributed by atoms with Crippen LogP contribution in [0.1, 0.15) is 16.7 Å². The molecule has 25 heavy (non-hydrogen) atoms. The second-order valence-corrected chi connectivity index (χ2v) is 6.44. The number of fused-ring (bicyclic) bond motifs is 3. The predicted molar refractivity (Wildman–Crippen MR) is 98.0 cm³/mol. The zero-order valence-corrected chi connectivity index (χ0v) is 19.5. The molecule has 2 aromatic rings. The molecule has 0 aliphatic heterocycles. The van der Waals surface area contributed by atoms with E-state index in [9.17, 15) is 0 Å². The van der Waals surface area contributed by atoms with Gasteiger partial charge in [-0.15, -0.1) is 17.7 Å². The molecule has 1 aliphatic rings. The maximum Gasteiger partial charge on any atom is 1.00 e. The third kappa shape index (κ3) is 7.27. The predicted octanol–water partition coefficient (Wildman–Crippen LogP) is 3.30. The Kier molecular flexibility index (Phi) is 11.6. The smallest absolute Gasteiger partial charge is 0.366 e. The number of likely N-dealkylation sites (N-methyl/N-ethyl adjacent to an activating group) is 2. The first-order valence-corrected chi connectivity index (χ1v) is 7.94. The Morgan fingerprint density at radius 2 is 1.44 bits per heavy atom. The van der Waals surface area contributed by atoms with Crippen LogP contribution >= 0.6 is 0 Å². The number of hydrogen-bond donors (Lipinski definition) is 0. The van der Waals surface area contributed by atoms with Gasteiger partial charge in [0.1, 0.15) is 0 Å². The van der Waals surface area contributed by atoms with Gasteiger partial charge < -0.3 is 16.2 Å². The molecule has 0 spiro atoms. The van der Waals surface area contributed by atoms with Gasteiger partial charge in [-0.1, -0.05) is 35.9 Å². The molecule has 0 saturated carbocycles. The molecule has 3 rings (SSSR count). The number of benzene rings is 2. The fraction of sp³-hybridized carbons (Fsp3) is 0.333. The average molecular weight is 699 g/mol. The maximum absolute atomic E-state index is 7.12. The summed E-state index contributed by atoms with van der Waals surface area (Å²) in [6.45, 7) is 2.29. The van der Waals surface area contributed by atoms with E-state index in [0.717, 1.165) is 25.1 Å². The summed E-state index contributed by atoms with van der Waals surface area (Å²) in [5.74, 6) is 2.43. The number of nitrogens with zero attached hydrogens (tertiary/aromatic N) is 2. The summed E-state index contributed by atoms with van der Waals surface area (Å²) >= 11 is 0. The van der Waals surface area contributed by atoms with Crippen LogP contribution in [0.4, 0.5) is 0 Å². The molecule has 0 atom stereocenters. The van der Waals surface area contributed by atoms with E-state index in [2.05, 4.69) is 80.3 Å². The van der Waals surface area contributed by atoms with Crippen molar-refractivity contribution in [3.63, 3.8) is 0 Å². The van der Waals surface area contributed by atoms with E-state index in [-0.39, 0.29) is 44.8 Å². The molecular formula is C21H25Au2N2. The molecule has 0 amide bonds. The van der Waals surface area contributed by atoms with E-state index in [1.54, 1.807) is 0 Å². The molecule has 0 N–H and O–H groups in total. The van der Waals surface area contributed by atoms with E-state index >= 15 is 0 Å². The van der Waals surface area contributed by atoms with Gasteiger partial charge in [0.05, 0.1) is 0 Å². The largest absolute Gasteiger partial charge is 1.00 e. The zero-order valence-electron chi connectivity index (χ0n) is 15.2. The van der Waals surface area contributed by atoms with Crippen molar-refractivity contribution in [1.29, 1.82) is 0 Å². The molecule has 0 fully saturated rings. The summed E-state index contributed by atoms with van der Waals surface area (Å²) < 4.78 is 0. The van der Waals surface area contributed by atoms with E-state index in [1.807, 2.05) is 6.07 Å². The minimum atomic E-state index is 0. The molecular weight excluding hydrogens is 674 g/mol. The normalized spacial score (nSPS) is 10.6. The van der Waals surface area contributed by atoms with Gasteiger partial charge in [-0.25, -0.2) is 0 Å². The van der Waals surface area contributed by atoms with Crippen molar-refractivity contribution in [2.45, 2.75) is 6.42 Å². The van der Waals surface area contributed by atoms with Crippen molar-refractivity contribution >= 4 is 0 Å². The van der Waals surface area contributed by atoms with Gasteiger partial charge >= 0.3 is 22.4 Å². The molecule has 0 aromatic heterocycles. The Labute approximate surface area is 184 Å². The first kappa shape index (κ1) is 24.4. The number of rotatable bonds is 3. The van der Waals surface area contributed by atoms with Gasteiger partial charge in [0.15, 0.2) is 0 Å². The Balaban J connectivity index is 0.000000507. The van der Waals surface area contributed by atoms with E-state index in [0.29, 0.717) is 0 Å². The molecule has 0 bridgehead atoms. The van der Waals surface area contributed by atoms with Crippen molar-refractivity contribution < 1.29 is 44.8 Å². The fourth-order valence-electron chi connectivity index (χ4n) is 2.62. The van der Waals surface area contributed by atoms with Crippen LogP contribution in [0.15, 0.2) is 42.5 Å². The van der Waals surface area contributed by atoms with Crippen molar-refractivity contribution in [1.82, 2.24) is 9.80 Å². The van der Waals surface area contributed by atoms with Gasteiger partial charge in [0.2, 0.25) is 0 Å². The molecule has 0 saturated heterocycles. The first-order chi connectivity index (χ1) is 11.0. The SMILES string of the molecule is CN(C)CCN(C)C.[Au+].[Au].[C-]#Cc1ccc2c(c1)Cc1ccccc1-2. The van der Waals surface area contributed by atoms with Crippen LogP contribution in [0.25, 0.3) is 11.1 Å². The van der Waals surface area contributed by atoms with Crippen molar-refractivity contribution in [3.8, 4) is 17.0 Å². The van der Waals surface area contributed by atoms with Crippen LogP contribution in [0.2, 0.25) is 0 Å². The maximum atomic E-state index is 7.12. The average Bonchev–Trinajstić information content (AvgIpc) is 2.91. The van der Waals surface area contributed by atoms with Crippen molar-refractivity contribution in [3.05, 3.63) is 65.6 Å². The Morgan fingerprint density at radius 1 is 0.880 bits per heavy atom. The Bertz CT molecular complexity index is 695.